The smallest absolute Gasteiger partial charge is 0.334 e. The van der Waals surface area contributed by atoms with Crippen LogP contribution in [0.25, 0.3) is 10.8 Å². The predicted molar refractivity (Wildman–Crippen MR) is 64.3 cm³/mol. The Morgan fingerprint density at radius 1 is 1.29 bits per heavy atom. The van der Waals surface area contributed by atoms with E-state index in [9.17, 15) is 4.79 Å². The molecule has 0 spiro atoms. The highest BCUT2D eigenvalue weighted by atomic mass is 16.5. The van der Waals surface area contributed by atoms with Gasteiger partial charge in [0.1, 0.15) is 6.10 Å². The summed E-state index contributed by atoms with van der Waals surface area (Å²) in [5.41, 5.74) is 1.33. The molecule has 1 atom stereocenters. The Morgan fingerprint density at radius 3 is 2.88 bits per heavy atom. The molecule has 3 nitrogen and oxygen atoms in total. The average Bonchev–Trinajstić information content (AvgIpc) is 2.69. The topological polar surface area (TPSA) is 39.2 Å². The number of fused-ring (bicyclic) bond motifs is 1. The molecule has 1 aliphatic heterocycles. The number of nitrogens with zero attached hydrogens (tertiary/aromatic N) is 1. The molecule has 0 saturated carbocycles. The summed E-state index contributed by atoms with van der Waals surface area (Å²) in [6.07, 6.45) is 1.98. The standard InChI is InChI=1S/C14H11NO2/c1-9-8-12(17-14(9)16)13-11-5-3-2-4-10(11)6-7-15-13/h2-7,12H,1,8H2. The van der Waals surface area contributed by atoms with Crippen LogP contribution in [-0.4, -0.2) is 11.0 Å². The molecule has 2 aromatic rings. The van der Waals surface area contributed by atoms with Gasteiger partial charge in [-0.15, -0.1) is 0 Å². The van der Waals surface area contributed by atoms with Gasteiger partial charge in [0.2, 0.25) is 0 Å². The third-order valence-electron chi connectivity index (χ3n) is 2.98. The monoisotopic (exact) mass is 225 g/mol. The van der Waals surface area contributed by atoms with E-state index in [1.807, 2.05) is 30.3 Å². The highest BCUT2D eigenvalue weighted by Crippen LogP contribution is 2.34. The second kappa shape index (κ2) is 3.70. The fourth-order valence-electron chi connectivity index (χ4n) is 2.11. The molecule has 0 radical (unpaired) electrons. The zero-order chi connectivity index (χ0) is 11.8. The lowest BCUT2D eigenvalue weighted by Crippen LogP contribution is -2.01. The minimum absolute atomic E-state index is 0.291. The summed E-state index contributed by atoms with van der Waals surface area (Å²) in [4.78, 5) is 15.7. The summed E-state index contributed by atoms with van der Waals surface area (Å²) in [6.45, 7) is 3.69. The molecular formula is C14H11NO2. The SMILES string of the molecule is C=C1CC(c2nccc3ccccc23)OC1=O. The number of carbonyl (C=O) groups is 1. The molecule has 0 aliphatic carbocycles. The molecule has 84 valence electrons. The molecule has 2 heterocycles. The Balaban J connectivity index is 2.12. The first kappa shape index (κ1) is 10.0. The second-order valence-electron chi connectivity index (χ2n) is 4.12. The molecule has 1 unspecified atom stereocenters. The van der Waals surface area contributed by atoms with Crippen molar-refractivity contribution in [1.82, 2.24) is 4.98 Å². The summed E-state index contributed by atoms with van der Waals surface area (Å²) in [7, 11) is 0. The van der Waals surface area contributed by atoms with Gasteiger partial charge in [-0.05, 0) is 11.5 Å². The van der Waals surface area contributed by atoms with Gasteiger partial charge in [-0.2, -0.15) is 0 Å². The van der Waals surface area contributed by atoms with E-state index in [1.54, 1.807) is 6.20 Å². The minimum Gasteiger partial charge on any atom is -0.452 e. The number of carbonyl (C=O) groups excluding carboxylic acids is 1. The molecule has 17 heavy (non-hydrogen) atoms. The normalized spacial score (nSPS) is 19.6. The van der Waals surface area contributed by atoms with Crippen molar-refractivity contribution in [2.24, 2.45) is 0 Å². The lowest BCUT2D eigenvalue weighted by molar-refractivity contribution is -0.139. The molecule has 1 aromatic heterocycles. The number of ether oxygens (including phenoxy) is 1. The van der Waals surface area contributed by atoms with Crippen LogP contribution in [0.1, 0.15) is 18.2 Å². The van der Waals surface area contributed by atoms with Gasteiger partial charge < -0.3 is 4.74 Å². The zero-order valence-corrected chi connectivity index (χ0v) is 9.22. The maximum Gasteiger partial charge on any atom is 0.334 e. The maximum absolute atomic E-state index is 11.3. The number of esters is 1. The summed E-state index contributed by atoms with van der Waals surface area (Å²) in [5.74, 6) is -0.315. The van der Waals surface area contributed by atoms with E-state index in [2.05, 4.69) is 11.6 Å². The first-order valence-electron chi connectivity index (χ1n) is 5.48. The van der Waals surface area contributed by atoms with E-state index in [0.29, 0.717) is 12.0 Å². The summed E-state index contributed by atoms with van der Waals surface area (Å²) in [6, 6.07) is 9.90. The van der Waals surface area contributed by atoms with Crippen molar-refractivity contribution in [3.63, 3.8) is 0 Å². The first-order valence-corrected chi connectivity index (χ1v) is 5.48. The molecule has 0 N–H and O–H groups in total. The molecule has 0 bridgehead atoms. The van der Waals surface area contributed by atoms with Crippen LogP contribution in [0.15, 0.2) is 48.7 Å². The summed E-state index contributed by atoms with van der Waals surface area (Å²) >= 11 is 0. The second-order valence-corrected chi connectivity index (χ2v) is 4.12. The molecule has 3 rings (SSSR count). The summed E-state index contributed by atoms with van der Waals surface area (Å²) in [5, 5.41) is 2.13. The van der Waals surface area contributed by atoms with Crippen LogP contribution >= 0.6 is 0 Å². The maximum atomic E-state index is 11.3. The van der Waals surface area contributed by atoms with Crippen LogP contribution in [0, 0.1) is 0 Å². The Morgan fingerprint density at radius 2 is 2.12 bits per heavy atom. The number of pyridine rings is 1. The molecular weight excluding hydrogens is 214 g/mol. The van der Waals surface area contributed by atoms with Crippen molar-refractivity contribution in [2.75, 3.05) is 0 Å². The minimum atomic E-state index is -0.315. The van der Waals surface area contributed by atoms with Crippen molar-refractivity contribution in [1.29, 1.82) is 0 Å². The van der Waals surface area contributed by atoms with Crippen LogP contribution < -0.4 is 0 Å². The van der Waals surface area contributed by atoms with Gasteiger partial charge in [0.25, 0.3) is 0 Å². The number of rotatable bonds is 1. The van der Waals surface area contributed by atoms with E-state index in [-0.39, 0.29) is 12.1 Å². The van der Waals surface area contributed by atoms with Crippen molar-refractivity contribution in [3.8, 4) is 0 Å². The number of benzene rings is 1. The van der Waals surface area contributed by atoms with E-state index < -0.39 is 0 Å². The van der Waals surface area contributed by atoms with Crippen LogP contribution in [0.4, 0.5) is 0 Å². The van der Waals surface area contributed by atoms with Crippen molar-refractivity contribution in [2.45, 2.75) is 12.5 Å². The Bertz CT molecular complexity index is 597. The number of hydrogen-bond donors (Lipinski definition) is 0. The lowest BCUT2D eigenvalue weighted by Gasteiger charge is -2.10. The first-order chi connectivity index (χ1) is 8.25. The Kier molecular flexibility index (Phi) is 2.18. The molecule has 1 saturated heterocycles. The largest absolute Gasteiger partial charge is 0.452 e. The molecule has 3 heteroatoms. The summed E-state index contributed by atoms with van der Waals surface area (Å²) < 4.78 is 5.27. The van der Waals surface area contributed by atoms with Crippen LogP contribution in [0.2, 0.25) is 0 Å². The molecule has 1 aliphatic rings. The van der Waals surface area contributed by atoms with E-state index in [4.69, 9.17) is 4.74 Å². The third-order valence-corrected chi connectivity index (χ3v) is 2.98. The Labute approximate surface area is 98.7 Å². The predicted octanol–water partition coefficient (Wildman–Crippen LogP) is 2.78. The van der Waals surface area contributed by atoms with Crippen LogP contribution in [-0.2, 0) is 9.53 Å². The van der Waals surface area contributed by atoms with Gasteiger partial charge in [-0.1, -0.05) is 30.8 Å². The van der Waals surface area contributed by atoms with E-state index in [1.165, 1.54) is 0 Å². The third kappa shape index (κ3) is 1.60. The number of aromatic nitrogens is 1. The van der Waals surface area contributed by atoms with Gasteiger partial charge in [0, 0.05) is 23.6 Å². The molecule has 0 amide bonds. The number of cyclic esters (lactones) is 1. The van der Waals surface area contributed by atoms with Gasteiger partial charge in [-0.3, -0.25) is 4.98 Å². The van der Waals surface area contributed by atoms with Gasteiger partial charge in [-0.25, -0.2) is 4.79 Å². The van der Waals surface area contributed by atoms with Crippen LogP contribution in [0.3, 0.4) is 0 Å². The van der Waals surface area contributed by atoms with Crippen molar-refractivity contribution in [3.05, 3.63) is 54.4 Å². The highest BCUT2D eigenvalue weighted by molar-refractivity contribution is 5.91. The number of hydrogen-bond acceptors (Lipinski definition) is 3. The van der Waals surface area contributed by atoms with Crippen LogP contribution in [0.5, 0.6) is 0 Å². The molecule has 1 aromatic carbocycles. The molecule has 1 fully saturated rings. The Hall–Kier alpha value is -2.16. The fourth-order valence-corrected chi connectivity index (χ4v) is 2.11. The fraction of sp³-hybridized carbons (Fsp3) is 0.143. The van der Waals surface area contributed by atoms with E-state index in [0.717, 1.165) is 16.5 Å². The van der Waals surface area contributed by atoms with Crippen molar-refractivity contribution >= 4 is 16.7 Å². The zero-order valence-electron chi connectivity index (χ0n) is 9.22. The lowest BCUT2D eigenvalue weighted by atomic mass is 10.0. The van der Waals surface area contributed by atoms with Gasteiger partial charge >= 0.3 is 5.97 Å². The average molecular weight is 225 g/mol. The quantitative estimate of drug-likeness (QED) is 0.553. The van der Waals surface area contributed by atoms with Gasteiger partial charge in [0.15, 0.2) is 0 Å². The van der Waals surface area contributed by atoms with Gasteiger partial charge in [0.05, 0.1) is 5.69 Å². The van der Waals surface area contributed by atoms with E-state index >= 15 is 0 Å². The van der Waals surface area contributed by atoms with Crippen molar-refractivity contribution < 1.29 is 9.53 Å². The highest BCUT2D eigenvalue weighted by Gasteiger charge is 2.30.